The van der Waals surface area contributed by atoms with Crippen LogP contribution in [0.15, 0.2) is 12.4 Å². The number of nitrogens with zero attached hydrogens (tertiary/aromatic N) is 4. The first-order valence-corrected chi connectivity index (χ1v) is 6.53. The third kappa shape index (κ3) is 3.56. The average Bonchev–Trinajstić information content (AvgIpc) is 2.95. The summed E-state index contributed by atoms with van der Waals surface area (Å²) in [5.41, 5.74) is -0.158. The number of hydrogen-bond donors (Lipinski definition) is 0. The van der Waals surface area contributed by atoms with E-state index in [0.29, 0.717) is 19.5 Å². The van der Waals surface area contributed by atoms with Crippen molar-refractivity contribution in [1.82, 2.24) is 14.7 Å². The van der Waals surface area contributed by atoms with Crippen LogP contribution in [-0.2, 0) is 20.9 Å². The average molecular weight is 296 g/mol. The van der Waals surface area contributed by atoms with E-state index >= 15 is 0 Å². The third-order valence-electron chi connectivity index (χ3n) is 3.44. The molecule has 1 aromatic heterocycles. The number of amides is 1. The Morgan fingerprint density at radius 1 is 1.57 bits per heavy atom. The van der Waals surface area contributed by atoms with Gasteiger partial charge in [0.15, 0.2) is 0 Å². The van der Waals surface area contributed by atoms with E-state index in [1.165, 1.54) is 18.0 Å². The second-order valence-corrected chi connectivity index (χ2v) is 4.86. The van der Waals surface area contributed by atoms with E-state index in [9.17, 15) is 19.7 Å². The van der Waals surface area contributed by atoms with Gasteiger partial charge in [0.05, 0.1) is 18.0 Å². The summed E-state index contributed by atoms with van der Waals surface area (Å²) in [5, 5.41) is 14.3. The van der Waals surface area contributed by atoms with Crippen LogP contribution in [0.4, 0.5) is 5.69 Å². The summed E-state index contributed by atoms with van der Waals surface area (Å²) in [6.45, 7) is 0.798. The Morgan fingerprint density at radius 3 is 2.95 bits per heavy atom. The molecule has 0 saturated carbocycles. The fourth-order valence-corrected chi connectivity index (χ4v) is 2.33. The largest absolute Gasteiger partial charge is 0.469 e. The van der Waals surface area contributed by atoms with Crippen molar-refractivity contribution in [2.75, 3.05) is 20.2 Å². The van der Waals surface area contributed by atoms with Gasteiger partial charge in [-0.05, 0) is 12.8 Å². The summed E-state index contributed by atoms with van der Waals surface area (Å²) in [6, 6.07) is 0. The lowest BCUT2D eigenvalue weighted by molar-refractivity contribution is -0.385. The summed E-state index contributed by atoms with van der Waals surface area (Å²) < 4.78 is 5.92. The van der Waals surface area contributed by atoms with Crippen LogP contribution in [0.3, 0.4) is 0 Å². The van der Waals surface area contributed by atoms with Crippen molar-refractivity contribution in [3.63, 3.8) is 0 Å². The Bertz CT molecular complexity index is 556. The Hall–Kier alpha value is -2.45. The van der Waals surface area contributed by atoms with Gasteiger partial charge in [0, 0.05) is 13.1 Å². The second-order valence-electron chi connectivity index (χ2n) is 4.86. The number of esters is 1. The number of hydrogen-bond acceptors (Lipinski definition) is 6. The Kier molecular flexibility index (Phi) is 4.51. The first-order valence-electron chi connectivity index (χ1n) is 6.53. The Morgan fingerprint density at radius 2 is 2.33 bits per heavy atom. The molecule has 0 radical (unpaired) electrons. The smallest absolute Gasteiger partial charge is 0.310 e. The van der Waals surface area contributed by atoms with Gasteiger partial charge in [-0.15, -0.1) is 0 Å². The summed E-state index contributed by atoms with van der Waals surface area (Å²) >= 11 is 0. The molecule has 1 aliphatic heterocycles. The van der Waals surface area contributed by atoms with E-state index in [-0.39, 0.29) is 30.0 Å². The van der Waals surface area contributed by atoms with E-state index in [4.69, 9.17) is 4.74 Å². The van der Waals surface area contributed by atoms with Gasteiger partial charge in [-0.3, -0.25) is 24.4 Å². The molecule has 0 unspecified atom stereocenters. The molecule has 9 heteroatoms. The molecule has 9 nitrogen and oxygen atoms in total. The van der Waals surface area contributed by atoms with Crippen molar-refractivity contribution in [3.8, 4) is 0 Å². The number of carbonyl (C=O) groups excluding carboxylic acids is 2. The number of nitro groups is 1. The van der Waals surface area contributed by atoms with Crippen LogP contribution in [0.25, 0.3) is 0 Å². The quantitative estimate of drug-likeness (QED) is 0.446. The first kappa shape index (κ1) is 14.9. The van der Waals surface area contributed by atoms with Crippen molar-refractivity contribution in [2.45, 2.75) is 19.4 Å². The highest BCUT2D eigenvalue weighted by Crippen LogP contribution is 2.18. The number of piperidine rings is 1. The first-order chi connectivity index (χ1) is 10.0. The van der Waals surface area contributed by atoms with Gasteiger partial charge in [0.2, 0.25) is 5.91 Å². The maximum Gasteiger partial charge on any atom is 0.310 e. The molecule has 0 aromatic carbocycles. The maximum atomic E-state index is 12.1. The third-order valence-corrected chi connectivity index (χ3v) is 3.44. The Balaban J connectivity index is 1.96. The van der Waals surface area contributed by atoms with Gasteiger partial charge >= 0.3 is 11.7 Å². The zero-order valence-electron chi connectivity index (χ0n) is 11.6. The predicted octanol–water partition coefficient (Wildman–Crippen LogP) is 0.203. The molecule has 1 aromatic rings. The van der Waals surface area contributed by atoms with Crippen LogP contribution in [-0.4, -0.2) is 51.7 Å². The van der Waals surface area contributed by atoms with Gasteiger partial charge in [-0.2, -0.15) is 5.10 Å². The highest BCUT2D eigenvalue weighted by Gasteiger charge is 2.29. The fourth-order valence-electron chi connectivity index (χ4n) is 2.33. The maximum absolute atomic E-state index is 12.1. The lowest BCUT2D eigenvalue weighted by Crippen LogP contribution is -2.44. The molecular formula is C12H16N4O5. The molecule has 0 N–H and O–H groups in total. The van der Waals surface area contributed by atoms with Gasteiger partial charge in [-0.25, -0.2) is 0 Å². The minimum absolute atomic E-state index is 0.0816. The summed E-state index contributed by atoms with van der Waals surface area (Å²) in [4.78, 5) is 35.2. The normalized spacial score (nSPS) is 18.3. The second kappa shape index (κ2) is 6.33. The molecule has 21 heavy (non-hydrogen) atoms. The molecule has 1 fully saturated rings. The van der Waals surface area contributed by atoms with Crippen LogP contribution in [0.5, 0.6) is 0 Å². The van der Waals surface area contributed by atoms with Gasteiger partial charge < -0.3 is 9.64 Å². The van der Waals surface area contributed by atoms with Crippen molar-refractivity contribution < 1.29 is 19.2 Å². The number of likely N-dealkylation sites (tertiary alicyclic amines) is 1. The van der Waals surface area contributed by atoms with Crippen LogP contribution in [0, 0.1) is 16.0 Å². The Labute approximate surface area is 120 Å². The number of rotatable bonds is 4. The molecule has 1 amide bonds. The van der Waals surface area contributed by atoms with E-state index in [1.54, 1.807) is 4.90 Å². The summed E-state index contributed by atoms with van der Waals surface area (Å²) in [7, 11) is 1.33. The molecule has 2 rings (SSSR count). The number of ether oxygens (including phenoxy) is 1. The van der Waals surface area contributed by atoms with Crippen molar-refractivity contribution in [3.05, 3.63) is 22.5 Å². The lowest BCUT2D eigenvalue weighted by atomic mass is 9.98. The number of carbonyl (C=O) groups is 2. The molecule has 1 saturated heterocycles. The van der Waals surface area contributed by atoms with Gasteiger partial charge in [0.25, 0.3) is 0 Å². The van der Waals surface area contributed by atoms with E-state index < -0.39 is 4.92 Å². The van der Waals surface area contributed by atoms with Crippen LogP contribution >= 0.6 is 0 Å². The predicted molar refractivity (Wildman–Crippen MR) is 70.2 cm³/mol. The minimum Gasteiger partial charge on any atom is -0.469 e. The van der Waals surface area contributed by atoms with Crippen LogP contribution < -0.4 is 0 Å². The van der Waals surface area contributed by atoms with E-state index in [2.05, 4.69) is 5.10 Å². The topological polar surface area (TPSA) is 108 Å². The molecule has 0 aliphatic carbocycles. The van der Waals surface area contributed by atoms with E-state index in [1.807, 2.05) is 0 Å². The fraction of sp³-hybridized carbons (Fsp3) is 0.583. The van der Waals surface area contributed by atoms with Crippen LogP contribution in [0.1, 0.15) is 12.8 Å². The zero-order valence-corrected chi connectivity index (χ0v) is 11.6. The monoisotopic (exact) mass is 296 g/mol. The molecule has 114 valence electrons. The summed E-state index contributed by atoms with van der Waals surface area (Å²) in [6.07, 6.45) is 3.73. The minimum atomic E-state index is -0.567. The van der Waals surface area contributed by atoms with Crippen molar-refractivity contribution in [2.24, 2.45) is 5.92 Å². The molecule has 0 bridgehead atoms. The zero-order chi connectivity index (χ0) is 15.4. The standard InChI is InChI=1S/C12H16N4O5/c1-21-12(18)9-3-2-4-14(6-9)11(17)8-15-7-10(5-13-15)16(19)20/h5,7,9H,2-4,6,8H2,1H3/t9-/m0/s1. The van der Waals surface area contributed by atoms with Gasteiger partial charge in [0.1, 0.15) is 18.9 Å². The summed E-state index contributed by atoms with van der Waals surface area (Å²) in [5.74, 6) is -0.844. The highest BCUT2D eigenvalue weighted by molar-refractivity contribution is 5.78. The number of methoxy groups -OCH3 is 1. The molecule has 2 heterocycles. The van der Waals surface area contributed by atoms with E-state index in [0.717, 1.165) is 12.6 Å². The SMILES string of the molecule is COC(=O)[C@H]1CCCN(C(=O)Cn2cc([N+](=O)[O-])cn2)C1. The lowest BCUT2D eigenvalue weighted by Gasteiger charge is -2.31. The molecule has 1 aliphatic rings. The van der Waals surface area contributed by atoms with Crippen molar-refractivity contribution in [1.29, 1.82) is 0 Å². The molecule has 0 spiro atoms. The molecule has 1 atom stereocenters. The highest BCUT2D eigenvalue weighted by atomic mass is 16.6. The number of aromatic nitrogens is 2. The van der Waals surface area contributed by atoms with Gasteiger partial charge in [-0.1, -0.05) is 0 Å². The van der Waals surface area contributed by atoms with Crippen LogP contribution in [0.2, 0.25) is 0 Å². The molecular weight excluding hydrogens is 280 g/mol. The van der Waals surface area contributed by atoms with Crippen molar-refractivity contribution >= 4 is 17.6 Å².